The number of carbonyl (C=O) groups excluding carboxylic acids is 1. The van der Waals surface area contributed by atoms with Gasteiger partial charge in [-0.3, -0.25) is 4.79 Å². The van der Waals surface area contributed by atoms with Crippen molar-refractivity contribution in [2.75, 3.05) is 0 Å². The summed E-state index contributed by atoms with van der Waals surface area (Å²) < 4.78 is 11.0. The van der Waals surface area contributed by atoms with Crippen LogP contribution in [0.4, 0.5) is 0 Å². The first-order chi connectivity index (χ1) is 9.63. The molecule has 0 radical (unpaired) electrons. The molecule has 0 aliphatic carbocycles. The van der Waals surface area contributed by atoms with Crippen molar-refractivity contribution in [1.82, 2.24) is 0 Å². The van der Waals surface area contributed by atoms with Crippen molar-refractivity contribution in [1.29, 1.82) is 0 Å². The van der Waals surface area contributed by atoms with E-state index in [4.69, 9.17) is 9.47 Å². The van der Waals surface area contributed by atoms with Gasteiger partial charge in [0.05, 0.1) is 0 Å². The third-order valence-corrected chi connectivity index (χ3v) is 2.59. The van der Waals surface area contributed by atoms with Gasteiger partial charge in [0, 0.05) is 12.5 Å². The van der Waals surface area contributed by atoms with Gasteiger partial charge in [0.15, 0.2) is 0 Å². The highest BCUT2D eigenvalue weighted by atomic mass is 16.5. The molecule has 2 aromatic rings. The molecule has 0 aromatic heterocycles. The van der Waals surface area contributed by atoms with Crippen molar-refractivity contribution in [2.24, 2.45) is 5.92 Å². The second-order valence-electron chi connectivity index (χ2n) is 4.96. The van der Waals surface area contributed by atoms with Gasteiger partial charge in [-0.15, -0.1) is 0 Å². The lowest BCUT2D eigenvalue weighted by Crippen LogP contribution is -2.10. The maximum Gasteiger partial charge on any atom is 0.311 e. The number of hydrogen-bond donors (Lipinski definition) is 0. The highest BCUT2D eigenvalue weighted by molar-refractivity contribution is 5.72. The Morgan fingerprint density at radius 3 is 2.30 bits per heavy atom. The highest BCUT2D eigenvalue weighted by Gasteiger charge is 2.08. The van der Waals surface area contributed by atoms with Crippen LogP contribution in [0, 0.1) is 5.92 Å². The van der Waals surface area contributed by atoms with Crippen molar-refractivity contribution in [2.45, 2.75) is 20.3 Å². The Bertz CT molecular complexity index is 561. The number of hydrogen-bond acceptors (Lipinski definition) is 3. The minimum absolute atomic E-state index is 0.225. The summed E-state index contributed by atoms with van der Waals surface area (Å²) in [7, 11) is 0. The summed E-state index contributed by atoms with van der Waals surface area (Å²) in [6.45, 7) is 3.96. The van der Waals surface area contributed by atoms with Crippen LogP contribution in [-0.4, -0.2) is 5.97 Å². The zero-order valence-corrected chi connectivity index (χ0v) is 11.7. The molecule has 104 valence electrons. The summed E-state index contributed by atoms with van der Waals surface area (Å²) >= 11 is 0. The van der Waals surface area contributed by atoms with E-state index in [-0.39, 0.29) is 11.9 Å². The Morgan fingerprint density at radius 2 is 1.60 bits per heavy atom. The van der Waals surface area contributed by atoms with Crippen molar-refractivity contribution in [3.8, 4) is 17.2 Å². The quantitative estimate of drug-likeness (QED) is 0.595. The fourth-order valence-electron chi connectivity index (χ4n) is 1.73. The predicted molar refractivity (Wildman–Crippen MR) is 78.0 cm³/mol. The van der Waals surface area contributed by atoms with Crippen LogP contribution in [-0.2, 0) is 4.79 Å². The number of rotatable bonds is 5. The number of para-hydroxylation sites is 1. The summed E-state index contributed by atoms with van der Waals surface area (Å²) in [5.74, 6) is 1.95. The first-order valence-electron chi connectivity index (χ1n) is 6.67. The average molecular weight is 270 g/mol. The lowest BCUT2D eigenvalue weighted by molar-refractivity contribution is -0.135. The van der Waals surface area contributed by atoms with E-state index in [1.807, 2.05) is 50.2 Å². The molecule has 0 heterocycles. The molecule has 0 saturated heterocycles. The Labute approximate surface area is 119 Å². The van der Waals surface area contributed by atoms with Gasteiger partial charge in [0.2, 0.25) is 0 Å². The Kier molecular flexibility index (Phi) is 4.77. The SMILES string of the molecule is CC(C)CC(=O)Oc1cccc(Oc2ccccc2)c1. The minimum atomic E-state index is -0.225. The highest BCUT2D eigenvalue weighted by Crippen LogP contribution is 2.25. The van der Waals surface area contributed by atoms with Gasteiger partial charge in [-0.05, 0) is 30.2 Å². The molecule has 0 N–H and O–H groups in total. The Balaban J connectivity index is 2.03. The molecule has 0 aliphatic heterocycles. The molecule has 2 aromatic carbocycles. The van der Waals surface area contributed by atoms with Gasteiger partial charge in [0.25, 0.3) is 0 Å². The maximum atomic E-state index is 11.6. The normalized spacial score (nSPS) is 10.3. The van der Waals surface area contributed by atoms with E-state index in [1.54, 1.807) is 18.2 Å². The van der Waals surface area contributed by atoms with Crippen molar-refractivity contribution in [3.05, 3.63) is 54.6 Å². The van der Waals surface area contributed by atoms with E-state index in [9.17, 15) is 4.79 Å². The number of esters is 1. The summed E-state index contributed by atoms with van der Waals surface area (Å²) in [4.78, 5) is 11.6. The van der Waals surface area contributed by atoms with Crippen LogP contribution >= 0.6 is 0 Å². The molecule has 0 unspecified atom stereocenters. The number of benzene rings is 2. The molecule has 0 saturated carbocycles. The van der Waals surface area contributed by atoms with Crippen molar-refractivity contribution in [3.63, 3.8) is 0 Å². The Morgan fingerprint density at radius 1 is 0.950 bits per heavy atom. The van der Waals surface area contributed by atoms with E-state index in [0.717, 1.165) is 5.75 Å². The predicted octanol–water partition coefficient (Wildman–Crippen LogP) is 4.43. The molecule has 2 rings (SSSR count). The van der Waals surface area contributed by atoms with E-state index in [2.05, 4.69) is 0 Å². The summed E-state index contributed by atoms with van der Waals surface area (Å²) in [5, 5.41) is 0. The van der Waals surface area contributed by atoms with Crippen LogP contribution in [0.15, 0.2) is 54.6 Å². The average Bonchev–Trinajstić information content (AvgIpc) is 2.39. The van der Waals surface area contributed by atoms with Gasteiger partial charge in [-0.25, -0.2) is 0 Å². The van der Waals surface area contributed by atoms with Gasteiger partial charge in [0.1, 0.15) is 17.2 Å². The van der Waals surface area contributed by atoms with Gasteiger partial charge >= 0.3 is 5.97 Å². The number of ether oxygens (including phenoxy) is 2. The van der Waals surface area contributed by atoms with E-state index in [1.165, 1.54) is 0 Å². The van der Waals surface area contributed by atoms with Crippen LogP contribution in [0.25, 0.3) is 0 Å². The van der Waals surface area contributed by atoms with Crippen LogP contribution < -0.4 is 9.47 Å². The van der Waals surface area contributed by atoms with E-state index in [0.29, 0.717) is 17.9 Å². The second kappa shape index (κ2) is 6.75. The van der Waals surface area contributed by atoms with Gasteiger partial charge in [-0.2, -0.15) is 0 Å². The van der Waals surface area contributed by atoms with E-state index >= 15 is 0 Å². The lowest BCUT2D eigenvalue weighted by Gasteiger charge is -2.09. The lowest BCUT2D eigenvalue weighted by atomic mass is 10.1. The Hall–Kier alpha value is -2.29. The topological polar surface area (TPSA) is 35.5 Å². The number of carbonyl (C=O) groups is 1. The van der Waals surface area contributed by atoms with Crippen LogP contribution in [0.1, 0.15) is 20.3 Å². The fourth-order valence-corrected chi connectivity index (χ4v) is 1.73. The summed E-state index contributed by atoms with van der Waals surface area (Å²) in [6, 6.07) is 16.6. The molecule has 0 spiro atoms. The van der Waals surface area contributed by atoms with Gasteiger partial charge < -0.3 is 9.47 Å². The van der Waals surface area contributed by atoms with Gasteiger partial charge in [-0.1, -0.05) is 38.1 Å². The molecule has 3 heteroatoms. The monoisotopic (exact) mass is 270 g/mol. The van der Waals surface area contributed by atoms with Crippen LogP contribution in [0.2, 0.25) is 0 Å². The molecule has 0 atom stereocenters. The van der Waals surface area contributed by atoms with Crippen molar-refractivity contribution < 1.29 is 14.3 Å². The third-order valence-electron chi connectivity index (χ3n) is 2.59. The first kappa shape index (κ1) is 14.1. The molecular formula is C17H18O3. The first-order valence-corrected chi connectivity index (χ1v) is 6.67. The van der Waals surface area contributed by atoms with E-state index < -0.39 is 0 Å². The molecule has 20 heavy (non-hydrogen) atoms. The molecular weight excluding hydrogens is 252 g/mol. The second-order valence-corrected chi connectivity index (χ2v) is 4.96. The minimum Gasteiger partial charge on any atom is -0.457 e. The third kappa shape index (κ3) is 4.43. The molecule has 0 fully saturated rings. The summed E-state index contributed by atoms with van der Waals surface area (Å²) in [5.41, 5.74) is 0. The van der Waals surface area contributed by atoms with Crippen LogP contribution in [0.5, 0.6) is 17.2 Å². The smallest absolute Gasteiger partial charge is 0.311 e. The molecule has 0 bridgehead atoms. The van der Waals surface area contributed by atoms with Crippen LogP contribution in [0.3, 0.4) is 0 Å². The summed E-state index contributed by atoms with van der Waals surface area (Å²) in [6.07, 6.45) is 0.407. The standard InChI is InChI=1S/C17H18O3/c1-13(2)11-17(18)20-16-10-6-9-15(12-16)19-14-7-4-3-5-8-14/h3-10,12-13H,11H2,1-2H3. The fraction of sp³-hybridized carbons (Fsp3) is 0.235. The zero-order valence-electron chi connectivity index (χ0n) is 11.7. The molecule has 0 aliphatic rings. The molecule has 3 nitrogen and oxygen atoms in total. The maximum absolute atomic E-state index is 11.6. The van der Waals surface area contributed by atoms with Crippen molar-refractivity contribution >= 4 is 5.97 Å². The largest absolute Gasteiger partial charge is 0.457 e. The zero-order chi connectivity index (χ0) is 14.4. The molecule has 0 amide bonds.